The maximum atomic E-state index is 11.9. The van der Waals surface area contributed by atoms with Gasteiger partial charge in [0.2, 0.25) is 5.88 Å². The predicted molar refractivity (Wildman–Crippen MR) is 305 cm³/mol. The second kappa shape index (κ2) is 26.0. The largest absolute Gasteiger partial charge is 0.493 e. The first-order chi connectivity index (χ1) is 38.1. The molecular weight excluding hydrogens is 1190 g/mol. The molecule has 7 rings (SSSR count). The van der Waals surface area contributed by atoms with Crippen molar-refractivity contribution in [2.24, 2.45) is 40.9 Å². The van der Waals surface area contributed by atoms with E-state index in [1.165, 1.54) is 53.0 Å². The molecule has 25 nitrogen and oxygen atoms in total. The summed E-state index contributed by atoms with van der Waals surface area (Å²) >= 11 is 8.49. The van der Waals surface area contributed by atoms with Crippen molar-refractivity contribution in [3.05, 3.63) is 112 Å². The van der Waals surface area contributed by atoms with Crippen molar-refractivity contribution < 1.29 is 61.7 Å². The first-order valence-electron chi connectivity index (χ1n) is 23.7. The molecule has 0 bridgehead atoms. The number of imidazole rings is 1. The number of aromatic nitrogens is 2. The fourth-order valence-corrected chi connectivity index (χ4v) is 11.9. The van der Waals surface area contributed by atoms with Crippen LogP contribution in [0.2, 0.25) is 5.02 Å². The third-order valence-electron chi connectivity index (χ3n) is 11.5. The van der Waals surface area contributed by atoms with Gasteiger partial charge < -0.3 is 9.84 Å². The van der Waals surface area contributed by atoms with E-state index in [0.29, 0.717) is 59.9 Å². The summed E-state index contributed by atoms with van der Waals surface area (Å²) in [4.78, 5) is 4.92. The van der Waals surface area contributed by atoms with Crippen molar-refractivity contribution in [3.8, 4) is 17.7 Å². The number of thioether (sulfide) groups is 2. The van der Waals surface area contributed by atoms with E-state index in [1.807, 2.05) is 6.07 Å². The first kappa shape index (κ1) is 61.8. The van der Waals surface area contributed by atoms with Crippen LogP contribution in [0.1, 0.15) is 47.1 Å². The van der Waals surface area contributed by atoms with Crippen LogP contribution in [0.5, 0.6) is 11.6 Å². The van der Waals surface area contributed by atoms with Gasteiger partial charge in [-0.1, -0.05) is 11.6 Å². The molecule has 0 saturated heterocycles. The number of ether oxygens (including phenoxy) is 1. The molecule has 0 unspecified atom stereocenters. The van der Waals surface area contributed by atoms with Crippen LogP contribution in [-0.2, 0) is 40.5 Å². The minimum atomic E-state index is -4.63. The van der Waals surface area contributed by atoms with Crippen LogP contribution >= 0.6 is 35.1 Å². The maximum Gasteiger partial charge on any atom is 0.294 e. The van der Waals surface area contributed by atoms with E-state index in [-0.39, 0.29) is 88.0 Å². The molecule has 32 heteroatoms. The van der Waals surface area contributed by atoms with E-state index in [2.05, 4.69) is 45.9 Å². The van der Waals surface area contributed by atoms with Gasteiger partial charge in [-0.2, -0.15) is 59.4 Å². The molecule has 0 aliphatic heterocycles. The molecule has 426 valence electrons. The molecule has 0 saturated carbocycles. The lowest BCUT2D eigenvalue weighted by molar-refractivity contribution is 0.317. The third-order valence-corrected chi connectivity index (χ3v) is 17.3. The monoisotopic (exact) mass is 1240 g/mol. The summed E-state index contributed by atoms with van der Waals surface area (Å²) in [6.45, 7) is 6.43. The van der Waals surface area contributed by atoms with Crippen molar-refractivity contribution in [1.82, 2.24) is 9.38 Å². The highest BCUT2D eigenvalue weighted by atomic mass is 35.5. The van der Waals surface area contributed by atoms with E-state index in [9.17, 15) is 62.3 Å². The van der Waals surface area contributed by atoms with Gasteiger partial charge in [-0.05, 0) is 148 Å². The fourth-order valence-electron chi connectivity index (χ4n) is 7.52. The molecule has 0 atom stereocenters. The minimum Gasteiger partial charge on any atom is -0.493 e. The zero-order chi connectivity index (χ0) is 59.0. The smallest absolute Gasteiger partial charge is 0.294 e. The van der Waals surface area contributed by atoms with Gasteiger partial charge in [-0.15, -0.1) is 44.0 Å². The summed E-state index contributed by atoms with van der Waals surface area (Å²) in [7, 11) is -17.5. The lowest BCUT2D eigenvalue weighted by Crippen LogP contribution is -2.08. The van der Waals surface area contributed by atoms with Crippen molar-refractivity contribution >= 4 is 138 Å². The molecule has 81 heavy (non-hydrogen) atoms. The number of pyridine rings is 1. The van der Waals surface area contributed by atoms with E-state index < -0.39 is 68.5 Å². The predicted octanol–water partition coefficient (Wildman–Crippen LogP) is 13.3. The molecule has 0 spiro atoms. The number of azo groups is 4. The van der Waals surface area contributed by atoms with Crippen LogP contribution in [0.4, 0.5) is 45.5 Å². The second-order valence-electron chi connectivity index (χ2n) is 17.7. The van der Waals surface area contributed by atoms with Gasteiger partial charge in [-0.25, -0.2) is 4.98 Å². The van der Waals surface area contributed by atoms with Gasteiger partial charge in [-0.3, -0.25) is 22.6 Å². The average molecular weight is 1240 g/mol. The Morgan fingerprint density at radius 3 is 1.60 bits per heavy atom. The molecule has 0 aliphatic carbocycles. The summed E-state index contributed by atoms with van der Waals surface area (Å²) in [5.41, 5.74) is 4.13. The summed E-state index contributed by atoms with van der Waals surface area (Å²) in [6, 6.07) is 22.0. The Morgan fingerprint density at radius 2 is 1.09 bits per heavy atom. The Balaban J connectivity index is 1.25. The number of hydrogen-bond donors (Lipinski definition) is 5. The van der Waals surface area contributed by atoms with Crippen LogP contribution in [0.15, 0.2) is 134 Å². The number of nitrogens with zero attached hydrogens (tertiary/aromatic N) is 11. The number of benzene rings is 5. The van der Waals surface area contributed by atoms with E-state index in [1.54, 1.807) is 69.3 Å². The van der Waals surface area contributed by atoms with Crippen molar-refractivity contribution in [1.29, 1.82) is 5.26 Å². The van der Waals surface area contributed by atoms with Crippen LogP contribution in [0.3, 0.4) is 0 Å². The molecule has 7 aromatic rings. The van der Waals surface area contributed by atoms with E-state index in [0.717, 1.165) is 12.1 Å². The zero-order valence-electron chi connectivity index (χ0n) is 43.0. The van der Waals surface area contributed by atoms with Crippen LogP contribution < -0.4 is 4.74 Å². The zero-order valence-corrected chi connectivity index (χ0v) is 48.7. The standard InChI is InChI=1S/C49H48ClN11O14S6/c1-28-20-40(57-60-47-31(4)35(27-51)48-52-39-23-34(81(72,73)74)12-13-43(39)61(48)49(47)62)44(75-14-5-17-78(63,64)65)24-36(28)55-58-41-22-30(3)38(26-46(41)77-16-7-19-80(69,70)71)56-59-42-21-29(2)37(54-53-33-10-8-32(50)9-11-33)25-45(42)76-15-6-18-79(66,67)68/h8-13,20-26,62H,5-7,14-19H2,1-4H3,(H,63,64,65)(H,66,67,68)(H,69,70,71)(H,72,73,74). The number of halogens is 1. The van der Waals surface area contributed by atoms with E-state index in [4.69, 9.17) is 16.3 Å². The van der Waals surface area contributed by atoms with E-state index >= 15 is 0 Å². The number of aryl methyl sites for hydroxylation is 3. The Hall–Kier alpha value is -6.83. The van der Waals surface area contributed by atoms with Crippen molar-refractivity contribution in [2.75, 3.05) is 35.4 Å². The number of aromatic hydroxyl groups is 1. The molecule has 2 heterocycles. The quantitative estimate of drug-likeness (QED) is 0.0162. The van der Waals surface area contributed by atoms with Gasteiger partial charge in [0.25, 0.3) is 40.5 Å². The van der Waals surface area contributed by atoms with Gasteiger partial charge in [0, 0.05) is 26.4 Å². The molecule has 0 fully saturated rings. The van der Waals surface area contributed by atoms with Gasteiger partial charge in [0.05, 0.1) is 73.9 Å². The molecule has 0 radical (unpaired) electrons. The second-order valence-corrected chi connectivity index (χ2v) is 26.6. The maximum absolute atomic E-state index is 11.9. The Kier molecular flexibility index (Phi) is 19.8. The molecule has 5 aromatic carbocycles. The van der Waals surface area contributed by atoms with Gasteiger partial charge in [0.15, 0.2) is 11.3 Å². The van der Waals surface area contributed by atoms with Gasteiger partial charge >= 0.3 is 0 Å². The van der Waals surface area contributed by atoms with Crippen molar-refractivity contribution in [3.63, 3.8) is 0 Å². The number of rotatable bonds is 24. The lowest BCUT2D eigenvalue weighted by atomic mass is 10.1. The Labute approximate surface area is 478 Å². The minimum absolute atomic E-state index is 0.00575. The van der Waals surface area contributed by atoms with Gasteiger partial charge in [0.1, 0.15) is 23.1 Å². The third kappa shape index (κ3) is 16.9. The normalized spacial score (nSPS) is 12.8. The van der Waals surface area contributed by atoms with Crippen LogP contribution in [0, 0.1) is 39.0 Å². The number of hydrogen-bond acceptors (Lipinski definition) is 22. The molecule has 5 N–H and O–H groups in total. The SMILES string of the molecule is Cc1cc(N=Nc2cc(SCCCS(=O)(=O)O)c(N=Nc3cc(OCCCS(=O)(=O)O)c(N=Nc4c(C)c(C#N)c5nc6cc(S(=O)(=O)O)ccc6n5c4O)cc3C)cc2C)c(SCCCS(=O)(=O)O)cc1N=Nc1ccc(Cl)cc1. The summed E-state index contributed by atoms with van der Waals surface area (Å²) < 4.78 is 138. The first-order valence-corrected chi connectivity index (χ1v) is 32.3. The van der Waals surface area contributed by atoms with Crippen LogP contribution in [-0.4, -0.2) is 102 Å². The Bertz CT molecular complexity index is 4230. The number of nitriles is 1. The van der Waals surface area contributed by atoms with Crippen LogP contribution in [0.25, 0.3) is 16.7 Å². The highest BCUT2D eigenvalue weighted by Crippen LogP contribution is 2.44. The molecule has 0 aliphatic rings. The molecule has 2 aromatic heterocycles. The highest BCUT2D eigenvalue weighted by molar-refractivity contribution is 7.99. The lowest BCUT2D eigenvalue weighted by Gasteiger charge is -2.12. The Morgan fingerprint density at radius 1 is 0.605 bits per heavy atom. The summed E-state index contributed by atoms with van der Waals surface area (Å²) in [5, 5.41) is 57.9. The fraction of sp³-hybridized carbons (Fsp3) is 0.265. The van der Waals surface area contributed by atoms with Crippen molar-refractivity contribution in [2.45, 2.75) is 61.6 Å². The highest BCUT2D eigenvalue weighted by Gasteiger charge is 2.23. The molecular formula is C49H48ClN11O14S6. The number of fused-ring (bicyclic) bond motifs is 3. The topological polar surface area (TPSA) is 387 Å². The summed E-state index contributed by atoms with van der Waals surface area (Å²) in [6.07, 6.45) is 0.0176. The average Bonchev–Trinajstić information content (AvgIpc) is 2.71. The molecule has 0 amide bonds. The summed E-state index contributed by atoms with van der Waals surface area (Å²) in [5.74, 6) is -1.67.